The van der Waals surface area contributed by atoms with Crippen molar-refractivity contribution in [3.8, 4) is 5.75 Å². The van der Waals surface area contributed by atoms with Crippen LogP contribution in [0.5, 0.6) is 5.75 Å². The Morgan fingerprint density at radius 1 is 0.950 bits per heavy atom. The number of ether oxygens (including phenoxy) is 2. The van der Waals surface area contributed by atoms with Crippen LogP contribution >= 0.6 is 0 Å². The van der Waals surface area contributed by atoms with Gasteiger partial charge in [-0.15, -0.1) is 0 Å². The van der Waals surface area contributed by atoms with Gasteiger partial charge < -0.3 is 19.5 Å². The van der Waals surface area contributed by atoms with E-state index < -0.39 is 17.7 Å². The number of aliphatic hydroxyl groups is 1. The van der Waals surface area contributed by atoms with Crippen LogP contribution in [0.2, 0.25) is 0 Å². The van der Waals surface area contributed by atoms with Crippen molar-refractivity contribution >= 4 is 17.4 Å². The molecule has 0 saturated carbocycles. The molecule has 3 aromatic rings. The maximum absolute atomic E-state index is 13.4. The summed E-state index contributed by atoms with van der Waals surface area (Å²) in [4.78, 5) is 30.6. The highest BCUT2D eigenvalue weighted by Crippen LogP contribution is 2.40. The zero-order valence-electron chi connectivity index (χ0n) is 23.1. The van der Waals surface area contributed by atoms with Gasteiger partial charge in [0.1, 0.15) is 18.1 Å². The fourth-order valence-electron chi connectivity index (χ4n) is 5.34. The van der Waals surface area contributed by atoms with Crippen molar-refractivity contribution < 1.29 is 24.2 Å². The number of likely N-dealkylation sites (tertiary alicyclic amines) is 1. The van der Waals surface area contributed by atoms with Crippen molar-refractivity contribution in [2.75, 3.05) is 39.4 Å². The lowest BCUT2D eigenvalue weighted by molar-refractivity contribution is -0.140. The van der Waals surface area contributed by atoms with Crippen LogP contribution in [0.4, 0.5) is 0 Å². The molecule has 1 atom stereocenters. The standard InChI is InChI=1S/C33H36N2O5/c1-23-9-11-26(12-10-23)30-29(32(37)33(38)35(30)16-6-15-34-17-19-39-20-18-34)31(36)27-13-14-28(24(2)21-27)40-22-25-7-4-3-5-8-25/h3-5,7-14,21,30,36H,6,15-20,22H2,1-2H3/b31-29+/t30-/m0/s1. The van der Waals surface area contributed by atoms with E-state index in [9.17, 15) is 14.7 Å². The van der Waals surface area contributed by atoms with Gasteiger partial charge in [0.05, 0.1) is 24.8 Å². The van der Waals surface area contributed by atoms with Crippen molar-refractivity contribution in [2.45, 2.75) is 32.9 Å². The van der Waals surface area contributed by atoms with Gasteiger partial charge in [0.15, 0.2) is 0 Å². The summed E-state index contributed by atoms with van der Waals surface area (Å²) in [6.45, 7) is 8.71. The van der Waals surface area contributed by atoms with E-state index in [0.29, 0.717) is 37.7 Å². The number of Topliss-reactive ketones (excluding diaryl/α,β-unsaturated/α-hetero) is 1. The number of aliphatic hydroxyl groups excluding tert-OH is 1. The molecule has 7 nitrogen and oxygen atoms in total. The third-order valence-corrected chi connectivity index (χ3v) is 7.60. The molecule has 2 fully saturated rings. The normalized spacial score (nSPS) is 19.2. The molecule has 0 radical (unpaired) electrons. The highest BCUT2D eigenvalue weighted by molar-refractivity contribution is 6.46. The van der Waals surface area contributed by atoms with Crippen LogP contribution in [-0.4, -0.2) is 66.0 Å². The monoisotopic (exact) mass is 540 g/mol. The number of nitrogens with zero attached hydrogens (tertiary/aromatic N) is 2. The molecule has 2 saturated heterocycles. The van der Waals surface area contributed by atoms with Crippen LogP contribution in [0.15, 0.2) is 78.4 Å². The van der Waals surface area contributed by atoms with Crippen LogP contribution < -0.4 is 4.74 Å². The number of carbonyl (C=O) groups is 2. The minimum absolute atomic E-state index is 0.123. The highest BCUT2D eigenvalue weighted by atomic mass is 16.5. The summed E-state index contributed by atoms with van der Waals surface area (Å²) in [5, 5.41) is 11.5. The summed E-state index contributed by atoms with van der Waals surface area (Å²) in [7, 11) is 0. The average Bonchev–Trinajstić information content (AvgIpc) is 3.22. The number of morpholine rings is 1. The second kappa shape index (κ2) is 12.5. The lowest BCUT2D eigenvalue weighted by Gasteiger charge is -2.29. The molecule has 1 amide bonds. The van der Waals surface area contributed by atoms with Crippen LogP contribution in [0.3, 0.4) is 0 Å². The number of hydrogen-bond acceptors (Lipinski definition) is 6. The lowest BCUT2D eigenvalue weighted by atomic mass is 9.94. The Labute approximate surface area is 235 Å². The maximum atomic E-state index is 13.4. The predicted molar refractivity (Wildman–Crippen MR) is 154 cm³/mol. The first-order chi connectivity index (χ1) is 19.4. The second-order valence-corrected chi connectivity index (χ2v) is 10.5. The topological polar surface area (TPSA) is 79.3 Å². The Morgan fingerprint density at radius 2 is 1.68 bits per heavy atom. The molecular formula is C33H36N2O5. The van der Waals surface area contributed by atoms with E-state index in [0.717, 1.165) is 48.3 Å². The molecule has 0 aromatic heterocycles. The average molecular weight is 541 g/mol. The Bertz CT molecular complexity index is 1380. The Balaban J connectivity index is 1.41. The smallest absolute Gasteiger partial charge is 0.295 e. The third kappa shape index (κ3) is 6.11. The SMILES string of the molecule is Cc1ccc([C@H]2/C(=C(\O)c3ccc(OCc4ccccc4)c(C)c3)C(=O)C(=O)N2CCCN2CCOCC2)cc1. The predicted octanol–water partition coefficient (Wildman–Crippen LogP) is 5.03. The number of hydrogen-bond donors (Lipinski definition) is 1. The third-order valence-electron chi connectivity index (χ3n) is 7.60. The Morgan fingerprint density at radius 3 is 2.38 bits per heavy atom. The summed E-state index contributed by atoms with van der Waals surface area (Å²) in [5.41, 5.74) is 4.37. The zero-order valence-corrected chi connectivity index (χ0v) is 23.1. The molecule has 2 aliphatic rings. The van der Waals surface area contributed by atoms with Gasteiger partial charge >= 0.3 is 0 Å². The Hall–Kier alpha value is -3.94. The molecule has 3 aromatic carbocycles. The molecule has 40 heavy (non-hydrogen) atoms. The maximum Gasteiger partial charge on any atom is 0.295 e. The number of carbonyl (C=O) groups excluding carboxylic acids is 2. The van der Waals surface area contributed by atoms with Gasteiger partial charge in [0.2, 0.25) is 0 Å². The first-order valence-electron chi connectivity index (χ1n) is 13.8. The van der Waals surface area contributed by atoms with Gasteiger partial charge in [-0.25, -0.2) is 0 Å². The van der Waals surface area contributed by atoms with E-state index in [4.69, 9.17) is 9.47 Å². The van der Waals surface area contributed by atoms with E-state index in [-0.39, 0.29) is 11.3 Å². The molecule has 1 N–H and O–H groups in total. The summed E-state index contributed by atoms with van der Waals surface area (Å²) < 4.78 is 11.4. The number of ketones is 1. The fraction of sp³-hybridized carbons (Fsp3) is 0.333. The summed E-state index contributed by atoms with van der Waals surface area (Å²) in [5.74, 6) is -0.707. The summed E-state index contributed by atoms with van der Waals surface area (Å²) >= 11 is 0. The summed E-state index contributed by atoms with van der Waals surface area (Å²) in [6.07, 6.45) is 0.724. The van der Waals surface area contributed by atoms with Crippen molar-refractivity contribution in [3.05, 3.63) is 106 Å². The second-order valence-electron chi connectivity index (χ2n) is 10.5. The molecule has 2 aliphatic heterocycles. The number of amides is 1. The van der Waals surface area contributed by atoms with Gasteiger partial charge in [-0.05, 0) is 55.2 Å². The van der Waals surface area contributed by atoms with Crippen LogP contribution in [0.1, 0.15) is 40.3 Å². The summed E-state index contributed by atoms with van der Waals surface area (Å²) in [6, 6.07) is 22.4. The largest absolute Gasteiger partial charge is 0.507 e. The van der Waals surface area contributed by atoms with Crippen LogP contribution in [0.25, 0.3) is 5.76 Å². The first-order valence-corrected chi connectivity index (χ1v) is 13.8. The number of benzene rings is 3. The number of rotatable bonds is 9. The van der Waals surface area contributed by atoms with Crippen LogP contribution in [0, 0.1) is 13.8 Å². The Kier molecular flexibility index (Phi) is 8.63. The van der Waals surface area contributed by atoms with E-state index in [1.54, 1.807) is 23.1 Å². The van der Waals surface area contributed by atoms with E-state index >= 15 is 0 Å². The molecule has 0 aliphatic carbocycles. The fourth-order valence-corrected chi connectivity index (χ4v) is 5.34. The molecule has 0 spiro atoms. The molecule has 7 heteroatoms. The molecule has 5 rings (SSSR count). The van der Waals surface area contributed by atoms with Crippen molar-refractivity contribution in [3.63, 3.8) is 0 Å². The van der Waals surface area contributed by atoms with Crippen molar-refractivity contribution in [1.82, 2.24) is 9.80 Å². The molecule has 208 valence electrons. The lowest BCUT2D eigenvalue weighted by Crippen LogP contribution is -2.38. The van der Waals surface area contributed by atoms with E-state index in [2.05, 4.69) is 4.90 Å². The first kappa shape index (κ1) is 27.6. The van der Waals surface area contributed by atoms with Gasteiger partial charge in [0.25, 0.3) is 11.7 Å². The van der Waals surface area contributed by atoms with Gasteiger partial charge in [-0.2, -0.15) is 0 Å². The molecule has 2 heterocycles. The zero-order chi connectivity index (χ0) is 28.1. The minimum Gasteiger partial charge on any atom is -0.507 e. The van der Waals surface area contributed by atoms with Crippen LogP contribution in [-0.2, 0) is 20.9 Å². The van der Waals surface area contributed by atoms with Crippen molar-refractivity contribution in [1.29, 1.82) is 0 Å². The molecule has 0 bridgehead atoms. The van der Waals surface area contributed by atoms with Gasteiger partial charge in [-0.3, -0.25) is 14.5 Å². The van der Waals surface area contributed by atoms with E-state index in [1.807, 2.05) is 68.4 Å². The van der Waals surface area contributed by atoms with Crippen molar-refractivity contribution in [2.24, 2.45) is 0 Å². The highest BCUT2D eigenvalue weighted by Gasteiger charge is 2.45. The number of aryl methyl sites for hydroxylation is 2. The van der Waals surface area contributed by atoms with Gasteiger partial charge in [-0.1, -0.05) is 60.2 Å². The molecule has 0 unspecified atom stereocenters. The van der Waals surface area contributed by atoms with E-state index in [1.165, 1.54) is 0 Å². The minimum atomic E-state index is -0.656. The quantitative estimate of drug-likeness (QED) is 0.233. The molecular weight excluding hydrogens is 504 g/mol. The van der Waals surface area contributed by atoms with Gasteiger partial charge in [0, 0.05) is 31.7 Å².